The number of rotatable bonds is 4. The van der Waals surface area contributed by atoms with Gasteiger partial charge in [0.25, 0.3) is 0 Å². The molecule has 0 aliphatic rings. The lowest BCUT2D eigenvalue weighted by Crippen LogP contribution is -2.35. The number of sulfonamides is 1. The van der Waals surface area contributed by atoms with Crippen LogP contribution in [-0.2, 0) is 10.0 Å². The van der Waals surface area contributed by atoms with Crippen LogP contribution in [0.1, 0.15) is 25.8 Å². The Kier molecular flexibility index (Phi) is 4.33. The van der Waals surface area contributed by atoms with Crippen LogP contribution in [0.25, 0.3) is 0 Å². The number of nitriles is 1. The average Bonchev–Trinajstić information content (AvgIpc) is 2.36. The number of benzene rings is 1. The zero-order chi connectivity index (χ0) is 13.9. The van der Waals surface area contributed by atoms with E-state index in [9.17, 15) is 8.42 Å². The van der Waals surface area contributed by atoms with Crippen LogP contribution >= 0.6 is 0 Å². The van der Waals surface area contributed by atoms with Crippen molar-refractivity contribution in [2.24, 2.45) is 0 Å². The first kappa shape index (κ1) is 14.5. The number of hydrogen-bond donors (Lipinski definition) is 1. The minimum atomic E-state index is -3.65. The Bertz CT molecular complexity index is 575. The first-order valence-electron chi connectivity index (χ1n) is 5.62. The maximum absolute atomic E-state index is 12.4. The van der Waals surface area contributed by atoms with E-state index >= 15 is 0 Å². The third-order valence-electron chi connectivity index (χ3n) is 2.99. The molecule has 18 heavy (non-hydrogen) atoms. The first-order chi connectivity index (χ1) is 8.34. The van der Waals surface area contributed by atoms with Crippen LogP contribution in [-0.4, -0.2) is 25.8 Å². The van der Waals surface area contributed by atoms with E-state index in [2.05, 4.69) is 0 Å². The molecule has 98 valence electrons. The molecule has 1 rings (SSSR count). The smallest absolute Gasteiger partial charge is 0.244 e. The first-order valence-corrected chi connectivity index (χ1v) is 7.06. The molecule has 6 heteroatoms. The molecule has 1 aromatic rings. The SMILES string of the molecule is CCC(C)N(C)S(=O)(=O)c1ccc(N)cc1C#N. The molecule has 0 heterocycles. The maximum atomic E-state index is 12.4. The Balaban J connectivity index is 3.34. The lowest BCUT2D eigenvalue weighted by Gasteiger charge is -2.23. The van der Waals surface area contributed by atoms with Gasteiger partial charge in [0.2, 0.25) is 10.0 Å². The Morgan fingerprint density at radius 1 is 1.50 bits per heavy atom. The van der Waals surface area contributed by atoms with Gasteiger partial charge < -0.3 is 5.73 Å². The third-order valence-corrected chi connectivity index (χ3v) is 5.02. The van der Waals surface area contributed by atoms with E-state index in [1.807, 2.05) is 19.9 Å². The summed E-state index contributed by atoms with van der Waals surface area (Å²) in [6.45, 7) is 3.73. The van der Waals surface area contributed by atoms with E-state index in [0.29, 0.717) is 12.1 Å². The maximum Gasteiger partial charge on any atom is 0.244 e. The van der Waals surface area contributed by atoms with Crippen LogP contribution in [0.15, 0.2) is 23.1 Å². The van der Waals surface area contributed by atoms with E-state index in [0.717, 1.165) is 0 Å². The minimum absolute atomic E-state index is 0.00185. The summed E-state index contributed by atoms with van der Waals surface area (Å²) < 4.78 is 26.0. The van der Waals surface area contributed by atoms with Crippen molar-refractivity contribution < 1.29 is 8.42 Å². The average molecular weight is 267 g/mol. The highest BCUT2D eigenvalue weighted by Gasteiger charge is 2.26. The molecular formula is C12H17N3O2S. The molecule has 1 aromatic carbocycles. The Labute approximate surface area is 108 Å². The van der Waals surface area contributed by atoms with Gasteiger partial charge in [-0.05, 0) is 31.5 Å². The van der Waals surface area contributed by atoms with Gasteiger partial charge in [0.1, 0.15) is 11.0 Å². The molecule has 0 saturated carbocycles. The van der Waals surface area contributed by atoms with Crippen molar-refractivity contribution in [3.05, 3.63) is 23.8 Å². The van der Waals surface area contributed by atoms with E-state index < -0.39 is 10.0 Å². The topological polar surface area (TPSA) is 87.2 Å². The highest BCUT2D eigenvalue weighted by atomic mass is 32.2. The molecule has 0 amide bonds. The zero-order valence-corrected chi connectivity index (χ0v) is 11.5. The van der Waals surface area contributed by atoms with Crippen molar-refractivity contribution in [1.29, 1.82) is 5.26 Å². The van der Waals surface area contributed by atoms with Gasteiger partial charge in [-0.2, -0.15) is 9.57 Å². The molecule has 0 bridgehead atoms. The summed E-state index contributed by atoms with van der Waals surface area (Å²) in [4.78, 5) is 0.00185. The quantitative estimate of drug-likeness (QED) is 0.839. The molecule has 0 aromatic heterocycles. The number of hydrogen-bond acceptors (Lipinski definition) is 4. The van der Waals surface area contributed by atoms with Crippen molar-refractivity contribution in [2.45, 2.75) is 31.2 Å². The van der Waals surface area contributed by atoms with Gasteiger partial charge in [0.05, 0.1) is 5.56 Å². The molecule has 2 N–H and O–H groups in total. The Morgan fingerprint density at radius 3 is 2.61 bits per heavy atom. The van der Waals surface area contributed by atoms with Crippen molar-refractivity contribution >= 4 is 15.7 Å². The Morgan fingerprint density at radius 2 is 2.11 bits per heavy atom. The zero-order valence-electron chi connectivity index (χ0n) is 10.7. The van der Waals surface area contributed by atoms with Crippen molar-refractivity contribution in [3.63, 3.8) is 0 Å². The molecular weight excluding hydrogens is 250 g/mol. The fourth-order valence-electron chi connectivity index (χ4n) is 1.51. The molecule has 1 unspecified atom stereocenters. The molecule has 0 fully saturated rings. The standard InChI is InChI=1S/C12H17N3O2S/c1-4-9(2)15(3)18(16,17)12-6-5-11(14)7-10(12)8-13/h5-7,9H,4,14H2,1-3H3. The van der Waals surface area contributed by atoms with Crippen LogP contribution in [0.4, 0.5) is 5.69 Å². The summed E-state index contributed by atoms with van der Waals surface area (Å²) in [5, 5.41) is 9.00. The monoisotopic (exact) mass is 267 g/mol. The largest absolute Gasteiger partial charge is 0.399 e. The van der Waals surface area contributed by atoms with Crippen LogP contribution in [0.3, 0.4) is 0 Å². The fourth-order valence-corrected chi connectivity index (χ4v) is 3.06. The minimum Gasteiger partial charge on any atom is -0.399 e. The van der Waals surface area contributed by atoms with Crippen LogP contribution in [0.2, 0.25) is 0 Å². The summed E-state index contributed by atoms with van der Waals surface area (Å²) in [6.07, 6.45) is 0.701. The van der Waals surface area contributed by atoms with E-state index in [1.54, 1.807) is 0 Å². The van der Waals surface area contributed by atoms with Crippen molar-refractivity contribution in [1.82, 2.24) is 4.31 Å². The summed E-state index contributed by atoms with van der Waals surface area (Å²) in [5.74, 6) is 0. The van der Waals surface area contributed by atoms with Gasteiger partial charge >= 0.3 is 0 Å². The number of nitrogen functional groups attached to an aromatic ring is 1. The lowest BCUT2D eigenvalue weighted by molar-refractivity contribution is 0.380. The van der Waals surface area contributed by atoms with E-state index in [-0.39, 0.29) is 16.5 Å². The normalized spacial score (nSPS) is 13.3. The Hall–Kier alpha value is -1.58. The van der Waals surface area contributed by atoms with E-state index in [4.69, 9.17) is 11.0 Å². The number of nitrogens with two attached hydrogens (primary N) is 1. The highest BCUT2D eigenvalue weighted by Crippen LogP contribution is 2.23. The van der Waals surface area contributed by atoms with Gasteiger partial charge in [0, 0.05) is 18.8 Å². The molecule has 0 saturated heterocycles. The van der Waals surface area contributed by atoms with E-state index in [1.165, 1.54) is 29.6 Å². The van der Waals surface area contributed by atoms with Gasteiger partial charge in [-0.25, -0.2) is 8.42 Å². The van der Waals surface area contributed by atoms with Crippen molar-refractivity contribution in [2.75, 3.05) is 12.8 Å². The second-order valence-corrected chi connectivity index (χ2v) is 6.11. The second-order valence-electron chi connectivity index (χ2n) is 4.15. The number of anilines is 1. The predicted octanol–water partition coefficient (Wildman–Crippen LogP) is 1.56. The molecule has 0 spiro atoms. The van der Waals surface area contributed by atoms with Crippen molar-refractivity contribution in [3.8, 4) is 6.07 Å². The highest BCUT2D eigenvalue weighted by molar-refractivity contribution is 7.89. The molecule has 0 radical (unpaired) electrons. The summed E-state index contributed by atoms with van der Waals surface area (Å²) >= 11 is 0. The summed E-state index contributed by atoms with van der Waals surface area (Å²) in [6, 6.07) is 5.98. The van der Waals surface area contributed by atoms with Gasteiger partial charge in [-0.15, -0.1) is 0 Å². The second kappa shape index (κ2) is 5.38. The van der Waals surface area contributed by atoms with Gasteiger partial charge in [-0.3, -0.25) is 0 Å². The fraction of sp³-hybridized carbons (Fsp3) is 0.417. The lowest BCUT2D eigenvalue weighted by atomic mass is 10.2. The van der Waals surface area contributed by atoms with Crippen LogP contribution < -0.4 is 5.73 Å². The van der Waals surface area contributed by atoms with Gasteiger partial charge in [0.15, 0.2) is 0 Å². The summed E-state index contributed by atoms with van der Waals surface area (Å²) in [7, 11) is -2.14. The predicted molar refractivity (Wildman–Crippen MR) is 70.3 cm³/mol. The summed E-state index contributed by atoms with van der Waals surface area (Å²) in [5.41, 5.74) is 6.00. The molecule has 0 aliphatic heterocycles. The molecule has 5 nitrogen and oxygen atoms in total. The van der Waals surface area contributed by atoms with Crippen LogP contribution in [0, 0.1) is 11.3 Å². The van der Waals surface area contributed by atoms with Crippen LogP contribution in [0.5, 0.6) is 0 Å². The number of nitrogens with zero attached hydrogens (tertiary/aromatic N) is 2. The third kappa shape index (κ3) is 2.63. The van der Waals surface area contributed by atoms with Gasteiger partial charge in [-0.1, -0.05) is 6.92 Å². The molecule has 0 aliphatic carbocycles. The molecule has 1 atom stereocenters.